The molecule has 0 aliphatic rings. The summed E-state index contributed by atoms with van der Waals surface area (Å²) in [6.45, 7) is 4.28. The van der Waals surface area contributed by atoms with Crippen molar-refractivity contribution in [2.45, 2.75) is 19.8 Å². The number of halogens is 2. The number of para-hydroxylation sites is 1. The molecule has 0 aliphatic carbocycles. The molecule has 0 amide bonds. The summed E-state index contributed by atoms with van der Waals surface area (Å²) >= 11 is 12.2. The van der Waals surface area contributed by atoms with E-state index in [-0.39, 0.29) is 0 Å². The largest absolute Gasteiger partial charge is 0.338 e. The van der Waals surface area contributed by atoms with E-state index in [0.717, 1.165) is 5.69 Å². The molecule has 0 saturated heterocycles. The lowest BCUT2D eigenvalue weighted by Gasteiger charge is -2.14. The maximum atomic E-state index is 6.19. The summed E-state index contributed by atoms with van der Waals surface area (Å²) in [5, 5.41) is 15.3. The maximum absolute atomic E-state index is 6.19. The molecule has 1 aromatic heterocycles. The van der Waals surface area contributed by atoms with Crippen LogP contribution in [0.3, 0.4) is 0 Å². The molecule has 3 rings (SSSR count). The van der Waals surface area contributed by atoms with E-state index in [4.69, 9.17) is 23.2 Å². The number of hydrogen-bond donors (Lipinski definition) is 2. The molecule has 5 nitrogen and oxygen atoms in total. The first-order valence-electron chi connectivity index (χ1n) is 7.81. The van der Waals surface area contributed by atoms with Crippen LogP contribution < -0.4 is 10.6 Å². The standard InChI is InChI=1S/C18H17Cl2N5/c1-11(2)12-6-3-4-8-14(12)23-18-24-16(10-21-25-18)22-15-9-5-7-13(19)17(15)20/h3-11H,1-2H3,(H2,22,23,24,25). The second-order valence-electron chi connectivity index (χ2n) is 5.76. The summed E-state index contributed by atoms with van der Waals surface area (Å²) in [5.41, 5.74) is 2.79. The first kappa shape index (κ1) is 17.5. The van der Waals surface area contributed by atoms with Gasteiger partial charge in [-0.05, 0) is 29.7 Å². The van der Waals surface area contributed by atoms with Gasteiger partial charge in [-0.1, -0.05) is 61.3 Å². The van der Waals surface area contributed by atoms with E-state index in [1.807, 2.05) is 30.3 Å². The molecule has 0 spiro atoms. The van der Waals surface area contributed by atoms with Gasteiger partial charge in [0.2, 0.25) is 5.95 Å². The van der Waals surface area contributed by atoms with Crippen LogP contribution >= 0.6 is 23.2 Å². The molecule has 0 fully saturated rings. The van der Waals surface area contributed by atoms with Gasteiger partial charge in [-0.25, -0.2) is 0 Å². The van der Waals surface area contributed by atoms with Crippen molar-refractivity contribution < 1.29 is 0 Å². The number of aromatic nitrogens is 3. The number of nitrogens with zero attached hydrogens (tertiary/aromatic N) is 3. The Kier molecular flexibility index (Phi) is 5.36. The SMILES string of the molecule is CC(C)c1ccccc1Nc1nncc(Nc2cccc(Cl)c2Cl)n1. The molecular formula is C18H17Cl2N5. The van der Waals surface area contributed by atoms with Crippen LogP contribution in [-0.2, 0) is 0 Å². The fraction of sp³-hybridized carbons (Fsp3) is 0.167. The highest BCUT2D eigenvalue weighted by molar-refractivity contribution is 6.43. The third-order valence-electron chi connectivity index (χ3n) is 3.60. The van der Waals surface area contributed by atoms with E-state index in [1.165, 1.54) is 11.8 Å². The van der Waals surface area contributed by atoms with Crippen LogP contribution in [0.4, 0.5) is 23.1 Å². The number of benzene rings is 2. The summed E-state index contributed by atoms with van der Waals surface area (Å²) in [4.78, 5) is 4.44. The van der Waals surface area contributed by atoms with Crippen LogP contribution in [0.15, 0.2) is 48.7 Å². The van der Waals surface area contributed by atoms with Gasteiger partial charge in [-0.2, -0.15) is 10.1 Å². The lowest BCUT2D eigenvalue weighted by molar-refractivity contribution is 0.867. The normalized spacial score (nSPS) is 10.8. The predicted molar refractivity (Wildman–Crippen MR) is 103 cm³/mol. The van der Waals surface area contributed by atoms with Crippen LogP contribution in [-0.4, -0.2) is 15.2 Å². The zero-order valence-corrected chi connectivity index (χ0v) is 15.3. The molecule has 0 bridgehead atoms. The zero-order chi connectivity index (χ0) is 17.8. The number of nitrogens with one attached hydrogen (secondary N) is 2. The summed E-state index contributed by atoms with van der Waals surface area (Å²) in [5.74, 6) is 1.29. The lowest BCUT2D eigenvalue weighted by Crippen LogP contribution is -2.04. The van der Waals surface area contributed by atoms with Gasteiger partial charge in [0.05, 0.1) is 21.9 Å². The van der Waals surface area contributed by atoms with Crippen molar-refractivity contribution in [1.82, 2.24) is 15.2 Å². The molecule has 0 unspecified atom stereocenters. The Hall–Kier alpha value is -2.37. The first-order valence-corrected chi connectivity index (χ1v) is 8.57. The van der Waals surface area contributed by atoms with Gasteiger partial charge in [0.25, 0.3) is 0 Å². The Morgan fingerprint density at radius 2 is 1.68 bits per heavy atom. The molecule has 1 heterocycles. The minimum absolute atomic E-state index is 0.378. The van der Waals surface area contributed by atoms with Gasteiger partial charge < -0.3 is 10.6 Å². The molecule has 2 aromatic carbocycles. The highest BCUT2D eigenvalue weighted by Crippen LogP contribution is 2.31. The van der Waals surface area contributed by atoms with Gasteiger partial charge in [-0.3, -0.25) is 0 Å². The molecule has 7 heteroatoms. The topological polar surface area (TPSA) is 62.7 Å². The molecule has 25 heavy (non-hydrogen) atoms. The van der Waals surface area contributed by atoms with E-state index in [1.54, 1.807) is 6.07 Å². The third-order valence-corrected chi connectivity index (χ3v) is 4.42. The zero-order valence-electron chi connectivity index (χ0n) is 13.8. The molecule has 3 aromatic rings. The summed E-state index contributed by atoms with van der Waals surface area (Å²) < 4.78 is 0. The molecule has 2 N–H and O–H groups in total. The Bertz CT molecular complexity index is 883. The predicted octanol–water partition coefficient (Wildman–Crippen LogP) is 5.79. The second kappa shape index (κ2) is 7.68. The number of anilines is 4. The fourth-order valence-corrected chi connectivity index (χ4v) is 2.74. The highest BCUT2D eigenvalue weighted by Gasteiger charge is 2.09. The summed E-state index contributed by atoms with van der Waals surface area (Å²) in [6, 6.07) is 13.4. The van der Waals surface area contributed by atoms with Gasteiger partial charge in [-0.15, -0.1) is 5.10 Å². The van der Waals surface area contributed by atoms with Gasteiger partial charge in [0, 0.05) is 5.69 Å². The first-order chi connectivity index (χ1) is 12.0. The Morgan fingerprint density at radius 3 is 2.48 bits per heavy atom. The Morgan fingerprint density at radius 1 is 0.920 bits per heavy atom. The van der Waals surface area contributed by atoms with E-state index in [2.05, 4.69) is 45.7 Å². The van der Waals surface area contributed by atoms with Crippen molar-refractivity contribution in [3.63, 3.8) is 0 Å². The van der Waals surface area contributed by atoms with Crippen molar-refractivity contribution in [3.05, 3.63) is 64.3 Å². The maximum Gasteiger partial charge on any atom is 0.249 e. The molecule has 0 saturated carbocycles. The van der Waals surface area contributed by atoms with E-state index in [0.29, 0.717) is 33.4 Å². The van der Waals surface area contributed by atoms with E-state index in [9.17, 15) is 0 Å². The van der Waals surface area contributed by atoms with Crippen LogP contribution in [0.1, 0.15) is 25.3 Å². The van der Waals surface area contributed by atoms with Crippen molar-refractivity contribution in [1.29, 1.82) is 0 Å². The van der Waals surface area contributed by atoms with E-state index < -0.39 is 0 Å². The van der Waals surface area contributed by atoms with Crippen molar-refractivity contribution >= 4 is 46.3 Å². The monoisotopic (exact) mass is 373 g/mol. The van der Waals surface area contributed by atoms with E-state index >= 15 is 0 Å². The quantitative estimate of drug-likeness (QED) is 0.592. The summed E-state index contributed by atoms with van der Waals surface area (Å²) in [7, 11) is 0. The van der Waals surface area contributed by atoms with Gasteiger partial charge in [0.15, 0.2) is 5.82 Å². The fourth-order valence-electron chi connectivity index (χ4n) is 2.39. The van der Waals surface area contributed by atoms with Crippen LogP contribution in [0.25, 0.3) is 0 Å². The minimum atomic E-state index is 0.378. The van der Waals surface area contributed by atoms with Gasteiger partial charge in [0.1, 0.15) is 0 Å². The molecule has 0 atom stereocenters. The van der Waals surface area contributed by atoms with Crippen molar-refractivity contribution in [3.8, 4) is 0 Å². The Labute approximate surface area is 156 Å². The van der Waals surface area contributed by atoms with Gasteiger partial charge >= 0.3 is 0 Å². The van der Waals surface area contributed by atoms with Crippen LogP contribution in [0.5, 0.6) is 0 Å². The Balaban J connectivity index is 1.84. The van der Waals surface area contributed by atoms with Crippen molar-refractivity contribution in [2.24, 2.45) is 0 Å². The lowest BCUT2D eigenvalue weighted by atomic mass is 10.0. The summed E-state index contributed by atoms with van der Waals surface area (Å²) in [6.07, 6.45) is 1.52. The average molecular weight is 374 g/mol. The number of rotatable bonds is 5. The second-order valence-corrected chi connectivity index (χ2v) is 6.54. The smallest absolute Gasteiger partial charge is 0.249 e. The third kappa shape index (κ3) is 4.18. The minimum Gasteiger partial charge on any atom is -0.338 e. The van der Waals surface area contributed by atoms with Crippen LogP contribution in [0.2, 0.25) is 10.0 Å². The molecular weight excluding hydrogens is 357 g/mol. The average Bonchev–Trinajstić information content (AvgIpc) is 2.60. The highest BCUT2D eigenvalue weighted by atomic mass is 35.5. The number of hydrogen-bond acceptors (Lipinski definition) is 5. The van der Waals surface area contributed by atoms with Crippen LogP contribution in [0, 0.1) is 0 Å². The molecule has 128 valence electrons. The molecule has 0 aliphatic heterocycles. The van der Waals surface area contributed by atoms with Crippen molar-refractivity contribution in [2.75, 3.05) is 10.6 Å². The molecule has 0 radical (unpaired) electrons.